The number of nitrogens with zero attached hydrogens (tertiary/aromatic N) is 1. The molecule has 1 aromatic carbocycles. The van der Waals surface area contributed by atoms with Crippen LogP contribution in [0.3, 0.4) is 0 Å². The molecule has 3 amide bonds. The number of carbonyl (C=O) groups is 4. The van der Waals surface area contributed by atoms with Crippen molar-refractivity contribution in [1.29, 1.82) is 0 Å². The molecule has 3 atom stereocenters. The molecule has 0 bridgehead atoms. The van der Waals surface area contributed by atoms with Crippen molar-refractivity contribution < 1.29 is 33.4 Å². The number of carboxylic acid groups (broad SMARTS) is 1. The van der Waals surface area contributed by atoms with Crippen LogP contribution in [0.2, 0.25) is 0 Å². The van der Waals surface area contributed by atoms with E-state index in [1.165, 1.54) is 18.2 Å². The topological polar surface area (TPSA) is 137 Å². The molecular formula is C25H29FN4O6. The normalized spacial score (nSPS) is 23.2. The van der Waals surface area contributed by atoms with Crippen molar-refractivity contribution in [3.8, 4) is 0 Å². The number of amides is 3. The van der Waals surface area contributed by atoms with E-state index in [0.717, 1.165) is 0 Å². The zero-order chi connectivity index (χ0) is 26.0. The molecule has 3 aliphatic rings. The standard InChI is InChI=1S/C25H29FN4O6/c1-13-20(12-17-16-11-15(26)3-4-18(16)28-23(17)32)27-14(2)22(13)24(33)29-19(25(34)35)5-6-21(31)30-7-9-36-10-8-30/h3-4,11-13,19-20,27H,5-10H2,1-2H3,(H,28,32)(H,29,33)(H,34,35)/b17-12-. The minimum atomic E-state index is -1.23. The Kier molecular flexibility index (Phi) is 7.39. The second-order valence-electron chi connectivity index (χ2n) is 9.12. The van der Waals surface area contributed by atoms with E-state index in [0.29, 0.717) is 54.4 Å². The van der Waals surface area contributed by atoms with Gasteiger partial charge in [-0.1, -0.05) is 6.92 Å². The molecule has 0 aromatic heterocycles. The van der Waals surface area contributed by atoms with Gasteiger partial charge in [-0.2, -0.15) is 0 Å². The van der Waals surface area contributed by atoms with Crippen LogP contribution in [-0.2, 0) is 23.9 Å². The predicted octanol–water partition coefficient (Wildman–Crippen LogP) is 1.25. The predicted molar refractivity (Wildman–Crippen MR) is 128 cm³/mol. The highest BCUT2D eigenvalue weighted by atomic mass is 19.1. The quantitative estimate of drug-likeness (QED) is 0.414. The lowest BCUT2D eigenvalue weighted by Gasteiger charge is -2.27. The Bertz CT molecular complexity index is 1160. The van der Waals surface area contributed by atoms with Gasteiger partial charge in [0.2, 0.25) is 11.8 Å². The summed E-state index contributed by atoms with van der Waals surface area (Å²) in [6, 6.07) is 2.37. The number of halogens is 1. The fourth-order valence-electron chi connectivity index (χ4n) is 4.77. The van der Waals surface area contributed by atoms with Crippen LogP contribution in [0.4, 0.5) is 10.1 Å². The largest absolute Gasteiger partial charge is 0.480 e. The van der Waals surface area contributed by atoms with Gasteiger partial charge in [0.05, 0.1) is 19.3 Å². The number of carbonyl (C=O) groups excluding carboxylic acids is 3. The van der Waals surface area contributed by atoms with Gasteiger partial charge in [0.1, 0.15) is 11.9 Å². The number of fused-ring (bicyclic) bond motifs is 1. The molecule has 1 saturated heterocycles. The SMILES string of the molecule is CC1=C(C(=O)NC(CCC(=O)N2CCOCC2)C(=O)O)C(C)C(/C=C2\C(=O)Nc3ccc(F)cc32)N1. The average molecular weight is 501 g/mol. The fourth-order valence-corrected chi connectivity index (χ4v) is 4.77. The Balaban J connectivity index is 1.42. The molecule has 4 rings (SSSR count). The van der Waals surface area contributed by atoms with Crippen molar-refractivity contribution in [2.24, 2.45) is 5.92 Å². The molecule has 3 heterocycles. The van der Waals surface area contributed by atoms with Crippen LogP contribution in [-0.4, -0.2) is 72.1 Å². The summed E-state index contributed by atoms with van der Waals surface area (Å²) in [6.07, 6.45) is 1.61. The summed E-state index contributed by atoms with van der Waals surface area (Å²) in [7, 11) is 0. The second kappa shape index (κ2) is 10.5. The molecule has 36 heavy (non-hydrogen) atoms. The lowest BCUT2D eigenvalue weighted by atomic mass is 9.92. The third-order valence-electron chi connectivity index (χ3n) is 6.75. The molecule has 0 aliphatic carbocycles. The Labute approximate surface area is 207 Å². The number of anilines is 1. The second-order valence-corrected chi connectivity index (χ2v) is 9.12. The van der Waals surface area contributed by atoms with Gasteiger partial charge in [0.25, 0.3) is 5.91 Å². The van der Waals surface area contributed by atoms with Crippen molar-refractivity contribution in [3.63, 3.8) is 0 Å². The number of nitrogens with one attached hydrogen (secondary N) is 3. The number of aliphatic carboxylic acids is 1. The Morgan fingerprint density at radius 2 is 2.03 bits per heavy atom. The maximum absolute atomic E-state index is 13.8. The molecular weight excluding hydrogens is 471 g/mol. The molecule has 192 valence electrons. The first kappa shape index (κ1) is 25.4. The van der Waals surface area contributed by atoms with Crippen molar-refractivity contribution in [2.45, 2.75) is 38.8 Å². The number of rotatable bonds is 7. The van der Waals surface area contributed by atoms with Crippen LogP contribution in [0, 0.1) is 11.7 Å². The van der Waals surface area contributed by atoms with E-state index in [-0.39, 0.29) is 24.7 Å². The third-order valence-corrected chi connectivity index (χ3v) is 6.75. The summed E-state index contributed by atoms with van der Waals surface area (Å²) < 4.78 is 19.0. The van der Waals surface area contributed by atoms with Crippen molar-refractivity contribution in [2.75, 3.05) is 31.6 Å². The van der Waals surface area contributed by atoms with E-state index in [1.54, 1.807) is 24.8 Å². The monoisotopic (exact) mass is 500 g/mol. The molecule has 0 saturated carbocycles. The van der Waals surface area contributed by atoms with E-state index in [9.17, 15) is 28.7 Å². The summed E-state index contributed by atoms with van der Waals surface area (Å²) in [4.78, 5) is 51.4. The lowest BCUT2D eigenvalue weighted by Crippen LogP contribution is -2.44. The Morgan fingerprint density at radius 1 is 1.31 bits per heavy atom. The first-order chi connectivity index (χ1) is 17.2. The van der Waals surface area contributed by atoms with Crippen LogP contribution < -0.4 is 16.0 Å². The summed E-state index contributed by atoms with van der Waals surface area (Å²) in [5.41, 5.74) is 2.17. The van der Waals surface area contributed by atoms with Crippen LogP contribution in [0.5, 0.6) is 0 Å². The molecule has 3 aliphatic heterocycles. The number of allylic oxidation sites excluding steroid dienone is 1. The summed E-state index contributed by atoms with van der Waals surface area (Å²) in [5.74, 6) is -3.19. The van der Waals surface area contributed by atoms with Crippen LogP contribution in [0.15, 0.2) is 35.5 Å². The zero-order valence-electron chi connectivity index (χ0n) is 20.1. The average Bonchev–Trinajstić information content (AvgIpc) is 3.31. The highest BCUT2D eigenvalue weighted by Gasteiger charge is 2.36. The molecule has 0 spiro atoms. The highest BCUT2D eigenvalue weighted by molar-refractivity contribution is 6.31. The van der Waals surface area contributed by atoms with Crippen molar-refractivity contribution in [3.05, 3.63) is 46.9 Å². The summed E-state index contributed by atoms with van der Waals surface area (Å²) in [5, 5.41) is 18.0. The first-order valence-corrected chi connectivity index (χ1v) is 11.8. The maximum Gasteiger partial charge on any atom is 0.326 e. The van der Waals surface area contributed by atoms with E-state index in [1.807, 2.05) is 0 Å². The summed E-state index contributed by atoms with van der Waals surface area (Å²) in [6.45, 7) is 5.31. The van der Waals surface area contributed by atoms with Crippen molar-refractivity contribution in [1.82, 2.24) is 15.5 Å². The van der Waals surface area contributed by atoms with E-state index in [2.05, 4.69) is 16.0 Å². The Hall–Kier alpha value is -3.73. The molecule has 0 radical (unpaired) electrons. The first-order valence-electron chi connectivity index (χ1n) is 11.8. The van der Waals surface area contributed by atoms with Gasteiger partial charge >= 0.3 is 5.97 Å². The van der Waals surface area contributed by atoms with Gasteiger partial charge in [-0.25, -0.2) is 9.18 Å². The molecule has 4 N–H and O–H groups in total. The molecule has 3 unspecified atom stereocenters. The number of carboxylic acids is 1. The van der Waals surface area contributed by atoms with E-state index in [4.69, 9.17) is 4.74 Å². The fraction of sp³-hybridized carbons (Fsp3) is 0.440. The van der Waals surface area contributed by atoms with Gasteiger partial charge in [0, 0.05) is 53.5 Å². The van der Waals surface area contributed by atoms with Gasteiger partial charge in [-0.15, -0.1) is 0 Å². The summed E-state index contributed by atoms with van der Waals surface area (Å²) >= 11 is 0. The van der Waals surface area contributed by atoms with E-state index >= 15 is 0 Å². The lowest BCUT2D eigenvalue weighted by molar-refractivity contribution is -0.142. The smallest absolute Gasteiger partial charge is 0.326 e. The van der Waals surface area contributed by atoms with Gasteiger partial charge in [0.15, 0.2) is 0 Å². The molecule has 1 aromatic rings. The third kappa shape index (κ3) is 5.25. The Morgan fingerprint density at radius 3 is 2.72 bits per heavy atom. The maximum atomic E-state index is 13.8. The van der Waals surface area contributed by atoms with Crippen molar-refractivity contribution >= 4 is 35.0 Å². The van der Waals surface area contributed by atoms with Crippen LogP contribution in [0.25, 0.3) is 5.57 Å². The molecule has 1 fully saturated rings. The van der Waals surface area contributed by atoms with E-state index < -0.39 is 35.7 Å². The van der Waals surface area contributed by atoms with Crippen LogP contribution in [0.1, 0.15) is 32.3 Å². The number of morpholine rings is 1. The number of hydrogen-bond donors (Lipinski definition) is 4. The molecule has 10 nitrogen and oxygen atoms in total. The number of benzene rings is 1. The zero-order valence-corrected chi connectivity index (χ0v) is 20.1. The number of hydrogen-bond acceptors (Lipinski definition) is 6. The highest BCUT2D eigenvalue weighted by Crippen LogP contribution is 2.35. The van der Waals surface area contributed by atoms with Gasteiger partial charge in [-0.3, -0.25) is 14.4 Å². The minimum Gasteiger partial charge on any atom is -0.480 e. The van der Waals surface area contributed by atoms with Crippen LogP contribution >= 0.6 is 0 Å². The van der Waals surface area contributed by atoms with Gasteiger partial charge in [-0.05, 0) is 37.6 Å². The van der Waals surface area contributed by atoms with Gasteiger partial charge < -0.3 is 30.7 Å². The number of ether oxygens (including phenoxy) is 1. The minimum absolute atomic E-state index is 0.0110. The molecule has 11 heteroatoms.